The topological polar surface area (TPSA) is 38.9 Å². The summed E-state index contributed by atoms with van der Waals surface area (Å²) in [6.07, 6.45) is 3.58. The third kappa shape index (κ3) is 1.71. The van der Waals surface area contributed by atoms with Gasteiger partial charge in [0.1, 0.15) is 5.01 Å². The largest absolute Gasteiger partial charge is 0.320 e. The second-order valence-corrected chi connectivity index (χ2v) is 5.71. The van der Waals surface area contributed by atoms with Crippen molar-refractivity contribution in [3.8, 4) is 0 Å². The van der Waals surface area contributed by atoms with E-state index in [1.165, 1.54) is 23.4 Å². The van der Waals surface area contributed by atoms with Gasteiger partial charge in [-0.25, -0.2) is 4.98 Å². The van der Waals surface area contributed by atoms with Crippen LogP contribution in [0.2, 0.25) is 0 Å². The number of nitrogens with two attached hydrogens (primary N) is 1. The van der Waals surface area contributed by atoms with Crippen molar-refractivity contribution in [2.24, 2.45) is 5.73 Å². The molecule has 1 aliphatic rings. The molecule has 1 saturated carbocycles. The van der Waals surface area contributed by atoms with Gasteiger partial charge in [0.2, 0.25) is 0 Å². The van der Waals surface area contributed by atoms with Crippen molar-refractivity contribution in [2.75, 3.05) is 0 Å². The molecule has 1 heterocycles. The normalized spacial score (nSPS) is 20.9. The summed E-state index contributed by atoms with van der Waals surface area (Å²) in [5.74, 6) is 0.743. The molecule has 0 radical (unpaired) electrons. The van der Waals surface area contributed by atoms with Crippen molar-refractivity contribution < 1.29 is 0 Å². The molecule has 1 aromatic heterocycles. The maximum Gasteiger partial charge on any atom is 0.113 e. The van der Waals surface area contributed by atoms with Crippen LogP contribution in [0.4, 0.5) is 0 Å². The van der Waals surface area contributed by atoms with E-state index in [0.717, 1.165) is 17.3 Å². The van der Waals surface area contributed by atoms with Crippen molar-refractivity contribution in [3.05, 3.63) is 15.6 Å². The summed E-state index contributed by atoms with van der Waals surface area (Å²) >= 11 is 1.78. The van der Waals surface area contributed by atoms with Crippen LogP contribution < -0.4 is 5.73 Å². The first-order valence-electron chi connectivity index (χ1n) is 5.31. The second-order valence-electron chi connectivity index (χ2n) is 4.51. The monoisotopic (exact) mass is 210 g/mol. The van der Waals surface area contributed by atoms with Crippen molar-refractivity contribution >= 4 is 11.3 Å². The number of hydrogen-bond donors (Lipinski definition) is 1. The quantitative estimate of drug-likeness (QED) is 0.833. The van der Waals surface area contributed by atoms with E-state index in [9.17, 15) is 0 Å². The van der Waals surface area contributed by atoms with Gasteiger partial charge in [0.05, 0.1) is 11.2 Å². The van der Waals surface area contributed by atoms with Gasteiger partial charge < -0.3 is 5.73 Å². The molecule has 0 saturated heterocycles. The third-order valence-electron chi connectivity index (χ3n) is 3.02. The lowest BCUT2D eigenvalue weighted by molar-refractivity contribution is 0.472. The van der Waals surface area contributed by atoms with Gasteiger partial charge in [-0.2, -0.15) is 0 Å². The van der Waals surface area contributed by atoms with Gasteiger partial charge in [-0.15, -0.1) is 11.3 Å². The molecule has 14 heavy (non-hydrogen) atoms. The van der Waals surface area contributed by atoms with Crippen LogP contribution in [0.25, 0.3) is 0 Å². The number of aryl methyl sites for hydroxylation is 1. The van der Waals surface area contributed by atoms with Gasteiger partial charge in [0.25, 0.3) is 0 Å². The average molecular weight is 210 g/mol. The smallest absolute Gasteiger partial charge is 0.113 e. The highest BCUT2D eigenvalue weighted by Gasteiger charge is 2.31. The molecule has 2 rings (SSSR count). The van der Waals surface area contributed by atoms with Gasteiger partial charge >= 0.3 is 0 Å². The standard InChI is InChI=1S/C11H18N2S/c1-4-11(3,12)10-13-9(7(2)14-10)8-5-6-8/h8H,4-6,12H2,1-3H3. The minimum atomic E-state index is -0.234. The van der Waals surface area contributed by atoms with E-state index in [1.54, 1.807) is 11.3 Å². The van der Waals surface area contributed by atoms with Crippen LogP contribution in [0.5, 0.6) is 0 Å². The summed E-state index contributed by atoms with van der Waals surface area (Å²) in [6.45, 7) is 6.36. The van der Waals surface area contributed by atoms with E-state index < -0.39 is 0 Å². The summed E-state index contributed by atoms with van der Waals surface area (Å²) < 4.78 is 0. The Labute approximate surface area is 89.5 Å². The molecule has 1 atom stereocenters. The Morgan fingerprint density at radius 3 is 2.71 bits per heavy atom. The first-order chi connectivity index (χ1) is 6.54. The van der Waals surface area contributed by atoms with E-state index in [1.807, 2.05) is 0 Å². The van der Waals surface area contributed by atoms with Crippen molar-refractivity contribution in [1.82, 2.24) is 4.98 Å². The predicted molar refractivity (Wildman–Crippen MR) is 60.7 cm³/mol. The van der Waals surface area contributed by atoms with E-state index in [0.29, 0.717) is 0 Å². The third-order valence-corrected chi connectivity index (χ3v) is 4.29. The van der Waals surface area contributed by atoms with Crippen LogP contribution in [-0.4, -0.2) is 4.98 Å². The lowest BCUT2D eigenvalue weighted by Crippen LogP contribution is -2.31. The summed E-state index contributed by atoms with van der Waals surface area (Å²) in [4.78, 5) is 6.08. The van der Waals surface area contributed by atoms with Crippen molar-refractivity contribution in [3.63, 3.8) is 0 Å². The first-order valence-corrected chi connectivity index (χ1v) is 6.13. The lowest BCUT2D eigenvalue weighted by Gasteiger charge is -2.18. The highest BCUT2D eigenvalue weighted by Crippen LogP contribution is 2.43. The Hall–Kier alpha value is -0.410. The number of aromatic nitrogens is 1. The van der Waals surface area contributed by atoms with E-state index >= 15 is 0 Å². The predicted octanol–water partition coefficient (Wildman–Crippen LogP) is 2.91. The fourth-order valence-electron chi connectivity index (χ4n) is 1.54. The molecule has 0 spiro atoms. The lowest BCUT2D eigenvalue weighted by atomic mass is 10.0. The Morgan fingerprint density at radius 2 is 2.21 bits per heavy atom. The second kappa shape index (κ2) is 3.31. The van der Waals surface area contributed by atoms with Crippen LogP contribution in [0.3, 0.4) is 0 Å². The average Bonchev–Trinajstić information content (AvgIpc) is 2.90. The molecule has 2 nitrogen and oxygen atoms in total. The summed E-state index contributed by atoms with van der Waals surface area (Å²) in [7, 11) is 0. The summed E-state index contributed by atoms with van der Waals surface area (Å²) in [5, 5.41) is 1.11. The maximum atomic E-state index is 6.19. The zero-order valence-electron chi connectivity index (χ0n) is 9.13. The Bertz CT molecular complexity index is 337. The van der Waals surface area contributed by atoms with Crippen LogP contribution in [0.1, 0.15) is 54.6 Å². The highest BCUT2D eigenvalue weighted by molar-refractivity contribution is 7.11. The van der Waals surface area contributed by atoms with E-state index in [2.05, 4.69) is 20.8 Å². The summed E-state index contributed by atoms with van der Waals surface area (Å²) in [5.41, 5.74) is 7.27. The maximum absolute atomic E-state index is 6.19. The van der Waals surface area contributed by atoms with Gasteiger partial charge in [-0.05, 0) is 33.1 Å². The van der Waals surface area contributed by atoms with Crippen LogP contribution in [0, 0.1) is 6.92 Å². The van der Waals surface area contributed by atoms with Gasteiger partial charge in [0, 0.05) is 10.8 Å². The van der Waals surface area contributed by atoms with Gasteiger partial charge in [0.15, 0.2) is 0 Å². The SMILES string of the molecule is CCC(C)(N)c1nc(C2CC2)c(C)s1. The fourth-order valence-corrected chi connectivity index (χ4v) is 2.67. The van der Waals surface area contributed by atoms with Crippen molar-refractivity contribution in [2.45, 2.75) is 51.5 Å². The Morgan fingerprint density at radius 1 is 1.57 bits per heavy atom. The number of thiazole rings is 1. The van der Waals surface area contributed by atoms with E-state index in [-0.39, 0.29) is 5.54 Å². The number of rotatable bonds is 3. The van der Waals surface area contributed by atoms with Crippen molar-refractivity contribution in [1.29, 1.82) is 0 Å². The highest BCUT2D eigenvalue weighted by atomic mass is 32.1. The molecule has 1 aliphatic carbocycles. The Kier molecular flexibility index (Phi) is 2.40. The molecule has 0 aliphatic heterocycles. The summed E-state index contributed by atoms with van der Waals surface area (Å²) in [6, 6.07) is 0. The fraction of sp³-hybridized carbons (Fsp3) is 0.727. The number of nitrogens with zero attached hydrogens (tertiary/aromatic N) is 1. The molecule has 3 heteroatoms. The molecular formula is C11H18N2S. The van der Waals surface area contributed by atoms with E-state index in [4.69, 9.17) is 10.7 Å². The van der Waals surface area contributed by atoms with Crippen LogP contribution in [-0.2, 0) is 5.54 Å². The molecule has 0 bridgehead atoms. The molecular weight excluding hydrogens is 192 g/mol. The van der Waals surface area contributed by atoms with Crippen LogP contribution in [0.15, 0.2) is 0 Å². The zero-order chi connectivity index (χ0) is 10.3. The minimum Gasteiger partial charge on any atom is -0.320 e. The molecule has 0 amide bonds. The molecule has 1 aromatic rings. The van der Waals surface area contributed by atoms with Gasteiger partial charge in [-0.3, -0.25) is 0 Å². The minimum absolute atomic E-state index is 0.234. The van der Waals surface area contributed by atoms with Crippen LogP contribution >= 0.6 is 11.3 Å². The molecule has 78 valence electrons. The van der Waals surface area contributed by atoms with Gasteiger partial charge in [-0.1, -0.05) is 6.92 Å². The first kappa shape index (κ1) is 10.1. The molecule has 2 N–H and O–H groups in total. The Balaban J connectivity index is 2.31. The molecule has 1 unspecified atom stereocenters. The molecule has 0 aromatic carbocycles. The number of hydrogen-bond acceptors (Lipinski definition) is 3. The molecule has 1 fully saturated rings. The zero-order valence-corrected chi connectivity index (χ0v) is 9.95.